The van der Waals surface area contributed by atoms with E-state index in [1.165, 1.54) is 0 Å². The normalized spacial score (nSPS) is 17.0. The van der Waals surface area contributed by atoms with E-state index in [0.717, 1.165) is 17.4 Å². The van der Waals surface area contributed by atoms with Crippen LogP contribution in [0.5, 0.6) is 0 Å². The van der Waals surface area contributed by atoms with Gasteiger partial charge in [-0.25, -0.2) is 0 Å². The summed E-state index contributed by atoms with van der Waals surface area (Å²) < 4.78 is 10.7. The van der Waals surface area contributed by atoms with Gasteiger partial charge in [0.25, 0.3) is 5.89 Å². The Bertz CT molecular complexity index is 1090. The number of aromatic nitrogens is 3. The van der Waals surface area contributed by atoms with Crippen LogP contribution in [0.3, 0.4) is 0 Å². The summed E-state index contributed by atoms with van der Waals surface area (Å²) in [5.74, 6) is 1.33. The number of amides is 1. The highest BCUT2D eigenvalue weighted by Crippen LogP contribution is 2.28. The predicted molar refractivity (Wildman–Crippen MR) is 99.3 cm³/mol. The van der Waals surface area contributed by atoms with Crippen LogP contribution in [0.4, 0.5) is 0 Å². The fourth-order valence-corrected chi connectivity index (χ4v) is 4.05. The van der Waals surface area contributed by atoms with Gasteiger partial charge < -0.3 is 13.9 Å². The first-order valence-electron chi connectivity index (χ1n) is 8.75. The third-order valence-electron chi connectivity index (χ3n) is 4.89. The van der Waals surface area contributed by atoms with Gasteiger partial charge in [0.05, 0.1) is 12.0 Å². The zero-order chi connectivity index (χ0) is 18.2. The molecule has 4 aromatic rings. The molecule has 1 fully saturated rings. The summed E-state index contributed by atoms with van der Waals surface area (Å²) in [5, 5.41) is 13.0. The van der Waals surface area contributed by atoms with Crippen LogP contribution < -0.4 is 0 Å². The molecule has 0 bridgehead atoms. The average molecular weight is 380 g/mol. The van der Waals surface area contributed by atoms with Crippen LogP contribution in [-0.4, -0.2) is 39.2 Å². The molecule has 0 unspecified atom stereocenters. The lowest BCUT2D eigenvalue weighted by molar-refractivity contribution is -0.129. The van der Waals surface area contributed by atoms with Gasteiger partial charge in [-0.3, -0.25) is 4.79 Å². The van der Waals surface area contributed by atoms with E-state index in [2.05, 4.69) is 15.3 Å². The summed E-state index contributed by atoms with van der Waals surface area (Å²) in [6.45, 7) is 1.28. The van der Waals surface area contributed by atoms with E-state index in [9.17, 15) is 4.79 Å². The molecule has 8 heteroatoms. The van der Waals surface area contributed by atoms with Gasteiger partial charge >= 0.3 is 0 Å². The molecule has 0 saturated carbocycles. The molecule has 1 saturated heterocycles. The molecule has 1 aliphatic heterocycles. The van der Waals surface area contributed by atoms with Crippen molar-refractivity contribution in [2.75, 3.05) is 13.1 Å². The topological polar surface area (TPSA) is 85.3 Å². The second kappa shape index (κ2) is 6.62. The molecule has 0 aliphatic carbocycles. The highest BCUT2D eigenvalue weighted by molar-refractivity contribution is 7.08. The minimum absolute atomic E-state index is 0.0399. The van der Waals surface area contributed by atoms with Crippen LogP contribution in [0, 0.1) is 0 Å². The van der Waals surface area contributed by atoms with Crippen molar-refractivity contribution in [2.45, 2.75) is 18.8 Å². The number of rotatable bonds is 4. The zero-order valence-corrected chi connectivity index (χ0v) is 15.2. The monoisotopic (exact) mass is 380 g/mol. The molecular formula is C19H16N4O3S. The Balaban J connectivity index is 1.27. The minimum Gasteiger partial charge on any atom is -0.356 e. The number of nitrogens with zero attached hydrogens (tertiary/aromatic N) is 4. The van der Waals surface area contributed by atoms with Gasteiger partial charge in [-0.15, -0.1) is 0 Å². The van der Waals surface area contributed by atoms with E-state index in [0.29, 0.717) is 36.1 Å². The van der Waals surface area contributed by atoms with Gasteiger partial charge in [0.1, 0.15) is 5.69 Å². The molecule has 0 spiro atoms. The second-order valence-corrected chi connectivity index (χ2v) is 7.38. The molecule has 0 radical (unpaired) electrons. The summed E-state index contributed by atoms with van der Waals surface area (Å²) in [6.07, 6.45) is 1.06. The molecule has 1 amide bonds. The number of likely N-dealkylation sites (tertiary alicyclic amines) is 1. The lowest BCUT2D eigenvalue weighted by atomic mass is 10.1. The summed E-state index contributed by atoms with van der Waals surface area (Å²) in [7, 11) is 0. The Hall–Kier alpha value is -3.00. The number of carbonyl (C=O) groups excluding carboxylic acids is 1. The first kappa shape index (κ1) is 16.2. The quantitative estimate of drug-likeness (QED) is 0.539. The number of fused-ring (bicyclic) bond motifs is 1. The SMILES string of the molecule is O=C(Cc1noc2ccccc12)N1CC[C@@H](c2noc(-c3ccsc3)n2)C1. The molecule has 3 aromatic heterocycles. The molecule has 136 valence electrons. The molecular weight excluding hydrogens is 364 g/mol. The van der Waals surface area contributed by atoms with Crippen molar-refractivity contribution in [3.8, 4) is 11.5 Å². The second-order valence-electron chi connectivity index (χ2n) is 6.60. The van der Waals surface area contributed by atoms with Crippen molar-refractivity contribution in [3.63, 3.8) is 0 Å². The largest absolute Gasteiger partial charge is 0.356 e. The third-order valence-corrected chi connectivity index (χ3v) is 5.57. The van der Waals surface area contributed by atoms with Gasteiger partial charge in [-0.1, -0.05) is 22.4 Å². The zero-order valence-electron chi connectivity index (χ0n) is 14.4. The van der Waals surface area contributed by atoms with Crippen LogP contribution >= 0.6 is 11.3 Å². The summed E-state index contributed by atoms with van der Waals surface area (Å²) >= 11 is 1.59. The maximum Gasteiger partial charge on any atom is 0.258 e. The minimum atomic E-state index is 0.0399. The number of thiophene rings is 1. The van der Waals surface area contributed by atoms with Crippen LogP contribution in [0.25, 0.3) is 22.4 Å². The molecule has 1 atom stereocenters. The van der Waals surface area contributed by atoms with Crippen molar-refractivity contribution in [1.29, 1.82) is 0 Å². The Kier molecular flexibility index (Phi) is 3.97. The average Bonchev–Trinajstić information content (AvgIpc) is 3.47. The van der Waals surface area contributed by atoms with Gasteiger partial charge in [0.15, 0.2) is 11.4 Å². The molecule has 7 nitrogen and oxygen atoms in total. The fraction of sp³-hybridized carbons (Fsp3) is 0.263. The Morgan fingerprint density at radius 1 is 1.22 bits per heavy atom. The lowest BCUT2D eigenvalue weighted by Gasteiger charge is -2.15. The number of hydrogen-bond donors (Lipinski definition) is 0. The first-order valence-corrected chi connectivity index (χ1v) is 9.69. The molecule has 1 aromatic carbocycles. The van der Waals surface area contributed by atoms with E-state index in [-0.39, 0.29) is 18.2 Å². The number of para-hydroxylation sites is 1. The molecule has 1 aliphatic rings. The molecule has 27 heavy (non-hydrogen) atoms. The van der Waals surface area contributed by atoms with Gasteiger partial charge in [-0.05, 0) is 30.0 Å². The Morgan fingerprint density at radius 3 is 3.04 bits per heavy atom. The molecule has 4 heterocycles. The van der Waals surface area contributed by atoms with E-state index in [4.69, 9.17) is 9.05 Å². The number of benzene rings is 1. The fourth-order valence-electron chi connectivity index (χ4n) is 3.42. The maximum atomic E-state index is 12.7. The summed E-state index contributed by atoms with van der Waals surface area (Å²) in [6, 6.07) is 9.53. The Labute approximate surface area is 158 Å². The smallest absolute Gasteiger partial charge is 0.258 e. The lowest BCUT2D eigenvalue weighted by Crippen LogP contribution is -2.30. The van der Waals surface area contributed by atoms with E-state index >= 15 is 0 Å². The summed E-state index contributed by atoms with van der Waals surface area (Å²) in [5.41, 5.74) is 2.31. The number of carbonyl (C=O) groups is 1. The van der Waals surface area contributed by atoms with E-state index in [1.807, 2.05) is 46.0 Å². The van der Waals surface area contributed by atoms with Crippen LogP contribution in [0.2, 0.25) is 0 Å². The maximum absolute atomic E-state index is 12.7. The van der Waals surface area contributed by atoms with E-state index < -0.39 is 0 Å². The Morgan fingerprint density at radius 2 is 2.15 bits per heavy atom. The third kappa shape index (κ3) is 3.02. The van der Waals surface area contributed by atoms with Crippen molar-refractivity contribution in [3.05, 3.63) is 52.6 Å². The van der Waals surface area contributed by atoms with Gasteiger partial charge in [0.2, 0.25) is 5.91 Å². The molecule has 0 N–H and O–H groups in total. The van der Waals surface area contributed by atoms with Crippen molar-refractivity contribution in [1.82, 2.24) is 20.2 Å². The van der Waals surface area contributed by atoms with Crippen molar-refractivity contribution < 1.29 is 13.8 Å². The van der Waals surface area contributed by atoms with Crippen LogP contribution in [-0.2, 0) is 11.2 Å². The van der Waals surface area contributed by atoms with Crippen molar-refractivity contribution in [2.24, 2.45) is 0 Å². The van der Waals surface area contributed by atoms with Crippen LogP contribution in [0.1, 0.15) is 23.9 Å². The highest BCUT2D eigenvalue weighted by atomic mass is 32.1. The molecule has 5 rings (SSSR count). The first-order chi connectivity index (χ1) is 13.3. The summed E-state index contributed by atoms with van der Waals surface area (Å²) in [4.78, 5) is 19.1. The van der Waals surface area contributed by atoms with Crippen LogP contribution in [0.15, 0.2) is 50.1 Å². The van der Waals surface area contributed by atoms with Crippen molar-refractivity contribution >= 4 is 28.2 Å². The highest BCUT2D eigenvalue weighted by Gasteiger charge is 2.31. The van der Waals surface area contributed by atoms with Gasteiger partial charge in [-0.2, -0.15) is 16.3 Å². The standard InChI is InChI=1S/C19H16N4O3S/c24-17(9-15-14-3-1-2-4-16(14)25-21-15)23-7-5-12(10-23)18-20-19(26-22-18)13-6-8-27-11-13/h1-4,6,8,11-12H,5,7,9-10H2/t12-/m1/s1. The van der Waals surface area contributed by atoms with E-state index in [1.54, 1.807) is 11.3 Å². The predicted octanol–water partition coefficient (Wildman–Crippen LogP) is 3.50. The number of hydrogen-bond acceptors (Lipinski definition) is 7. The van der Waals surface area contributed by atoms with Gasteiger partial charge in [0, 0.05) is 29.8 Å².